The minimum absolute atomic E-state index is 0.109. The van der Waals surface area contributed by atoms with Crippen LogP contribution in [0.3, 0.4) is 0 Å². The summed E-state index contributed by atoms with van der Waals surface area (Å²) in [6, 6.07) is 0. The van der Waals surface area contributed by atoms with Gasteiger partial charge in [-0.2, -0.15) is 0 Å². The van der Waals surface area contributed by atoms with Gasteiger partial charge in [0.1, 0.15) is 0 Å². The fourth-order valence-electron chi connectivity index (χ4n) is 8.86. The highest BCUT2D eigenvalue weighted by molar-refractivity contribution is 5.73. The van der Waals surface area contributed by atoms with E-state index in [-0.39, 0.29) is 5.91 Å². The topological polar surface area (TPSA) is 43.1 Å². The van der Waals surface area contributed by atoms with Crippen LogP contribution >= 0.6 is 0 Å². The predicted molar refractivity (Wildman–Crippen MR) is 78.1 cm³/mol. The second-order valence-corrected chi connectivity index (χ2v) is 10.4. The molecule has 7 aliphatic rings. The highest BCUT2D eigenvalue weighted by atomic mass is 16.1. The Morgan fingerprint density at radius 2 is 1.67 bits per heavy atom. The molecule has 1 amide bonds. The summed E-state index contributed by atoms with van der Waals surface area (Å²) in [4.78, 5) is 10.9. The third-order valence-corrected chi connectivity index (χ3v) is 10.2. The molecule has 6 unspecified atom stereocenters. The summed E-state index contributed by atoms with van der Waals surface area (Å²) in [5.74, 6) is 0.861. The van der Waals surface area contributed by atoms with Gasteiger partial charge in [0.15, 0.2) is 0 Å². The van der Waals surface area contributed by atoms with Gasteiger partial charge in [0, 0.05) is 6.42 Å². The van der Waals surface area contributed by atoms with Crippen molar-refractivity contribution in [3.05, 3.63) is 0 Å². The molecule has 6 atom stereocenters. The molecule has 7 fully saturated rings. The first-order valence-electron chi connectivity index (χ1n) is 9.30. The Labute approximate surface area is 126 Å². The number of hydrogen-bond donors (Lipinski definition) is 1. The molecule has 0 aromatic heterocycles. The lowest BCUT2D eigenvalue weighted by Crippen LogP contribution is -2.09. The van der Waals surface area contributed by atoms with Crippen molar-refractivity contribution in [2.24, 2.45) is 44.1 Å². The van der Waals surface area contributed by atoms with Gasteiger partial charge in [0.25, 0.3) is 0 Å². The number of carbonyl (C=O) groups excluding carboxylic acids is 1. The number of nitrogens with two attached hydrogens (primary N) is 1. The van der Waals surface area contributed by atoms with Crippen LogP contribution in [0, 0.1) is 38.4 Å². The van der Waals surface area contributed by atoms with Gasteiger partial charge in [-0.3, -0.25) is 4.79 Å². The Morgan fingerprint density at radius 3 is 2.38 bits per heavy atom. The van der Waals surface area contributed by atoms with E-state index in [2.05, 4.69) is 0 Å². The minimum atomic E-state index is -0.109. The molecule has 0 radical (unpaired) electrons. The Bertz CT molecular complexity index is 652. The van der Waals surface area contributed by atoms with Gasteiger partial charge in [0.05, 0.1) is 0 Å². The maximum absolute atomic E-state index is 10.9. The van der Waals surface area contributed by atoms with Gasteiger partial charge in [-0.05, 0) is 103 Å². The second-order valence-electron chi connectivity index (χ2n) is 10.4. The molecule has 6 spiro atoms. The maximum atomic E-state index is 10.9. The SMILES string of the molecule is NC(=O)CCCC1CC12CC21CC12CC21CC12CC21CC1. The molecule has 0 heterocycles. The summed E-state index contributed by atoms with van der Waals surface area (Å²) in [6.07, 6.45) is 15.7. The van der Waals surface area contributed by atoms with Gasteiger partial charge in [-0.25, -0.2) is 0 Å². The maximum Gasteiger partial charge on any atom is 0.217 e. The number of carbonyl (C=O) groups is 1. The highest BCUT2D eigenvalue weighted by Gasteiger charge is 3.10. The van der Waals surface area contributed by atoms with E-state index in [4.69, 9.17) is 5.73 Å². The quantitative estimate of drug-likeness (QED) is 0.844. The lowest BCUT2D eigenvalue weighted by Gasteiger charge is -1.99. The Hall–Kier alpha value is -0.530. The van der Waals surface area contributed by atoms with Crippen molar-refractivity contribution in [3.8, 4) is 0 Å². The van der Waals surface area contributed by atoms with E-state index >= 15 is 0 Å². The van der Waals surface area contributed by atoms with Crippen LogP contribution in [0.1, 0.15) is 70.6 Å². The molecule has 0 saturated heterocycles. The first-order chi connectivity index (χ1) is 10.0. The largest absolute Gasteiger partial charge is 0.370 e. The summed E-state index contributed by atoms with van der Waals surface area (Å²) in [5, 5.41) is 0. The van der Waals surface area contributed by atoms with E-state index < -0.39 is 0 Å². The van der Waals surface area contributed by atoms with E-state index in [0.717, 1.165) is 44.8 Å². The summed E-state index contributed by atoms with van der Waals surface area (Å²) in [7, 11) is 0. The normalized spacial score (nSPS) is 67.3. The van der Waals surface area contributed by atoms with Gasteiger partial charge in [-0.1, -0.05) is 0 Å². The molecular weight excluding hydrogens is 258 g/mol. The fourth-order valence-corrected chi connectivity index (χ4v) is 8.86. The van der Waals surface area contributed by atoms with Crippen LogP contribution in [0.5, 0.6) is 0 Å². The molecule has 21 heavy (non-hydrogen) atoms. The molecule has 2 heteroatoms. The molecule has 2 N–H and O–H groups in total. The Morgan fingerprint density at radius 1 is 0.952 bits per heavy atom. The van der Waals surface area contributed by atoms with Crippen LogP contribution in [0.25, 0.3) is 0 Å². The first-order valence-corrected chi connectivity index (χ1v) is 9.30. The zero-order valence-electron chi connectivity index (χ0n) is 12.8. The van der Waals surface area contributed by atoms with Crippen molar-refractivity contribution in [2.45, 2.75) is 70.6 Å². The molecule has 0 aromatic carbocycles. The Balaban J connectivity index is 1.07. The third-order valence-electron chi connectivity index (χ3n) is 10.2. The van der Waals surface area contributed by atoms with Crippen molar-refractivity contribution in [2.75, 3.05) is 0 Å². The summed E-state index contributed by atoms with van der Waals surface area (Å²) in [6.45, 7) is 0. The van der Waals surface area contributed by atoms with Crippen molar-refractivity contribution < 1.29 is 4.79 Å². The van der Waals surface area contributed by atoms with Crippen LogP contribution in [-0.4, -0.2) is 5.91 Å². The van der Waals surface area contributed by atoms with Gasteiger partial charge >= 0.3 is 0 Å². The lowest BCUT2D eigenvalue weighted by molar-refractivity contribution is -0.118. The highest BCUT2D eigenvalue weighted by Crippen LogP contribution is 3.17. The average Bonchev–Trinajstić information content (AvgIpc) is 3.22. The zero-order valence-corrected chi connectivity index (χ0v) is 12.8. The van der Waals surface area contributed by atoms with Crippen molar-refractivity contribution in [1.29, 1.82) is 0 Å². The second kappa shape index (κ2) is 2.41. The van der Waals surface area contributed by atoms with Crippen LogP contribution in [0.4, 0.5) is 0 Å². The smallest absolute Gasteiger partial charge is 0.217 e. The van der Waals surface area contributed by atoms with Gasteiger partial charge in [0.2, 0.25) is 5.91 Å². The molecule has 0 aromatic rings. The van der Waals surface area contributed by atoms with Gasteiger partial charge in [-0.15, -0.1) is 0 Å². The monoisotopic (exact) mass is 283 g/mol. The molecule has 112 valence electrons. The van der Waals surface area contributed by atoms with Crippen molar-refractivity contribution in [1.82, 2.24) is 0 Å². The van der Waals surface area contributed by atoms with E-state index in [0.29, 0.717) is 6.42 Å². The fraction of sp³-hybridized carbons (Fsp3) is 0.947. The van der Waals surface area contributed by atoms with E-state index in [9.17, 15) is 4.79 Å². The van der Waals surface area contributed by atoms with Crippen LogP contribution in [0.2, 0.25) is 0 Å². The molecular formula is C19H25NO. The number of fused-ring (bicyclic) bond motifs is 5. The van der Waals surface area contributed by atoms with E-state index in [1.807, 2.05) is 0 Å². The molecule has 2 nitrogen and oxygen atoms in total. The summed E-state index contributed by atoms with van der Waals surface area (Å²) < 4.78 is 0. The third kappa shape index (κ3) is 0.833. The van der Waals surface area contributed by atoms with E-state index in [1.165, 1.54) is 12.8 Å². The standard InChI is InChI=1S/C19H25NO/c20-13(21)3-1-2-12-6-15(12)8-17(15)10-19(17)11-18(19)9-16(18)7-14(16)4-5-14/h12H,1-11H2,(H2,20,21). The van der Waals surface area contributed by atoms with Crippen molar-refractivity contribution in [3.63, 3.8) is 0 Å². The van der Waals surface area contributed by atoms with Gasteiger partial charge < -0.3 is 5.73 Å². The molecule has 7 saturated carbocycles. The first kappa shape index (κ1) is 11.1. The number of amides is 1. The predicted octanol–water partition coefficient (Wildman–Crippen LogP) is 3.39. The number of primary amides is 1. The van der Waals surface area contributed by atoms with Crippen LogP contribution in [-0.2, 0) is 4.79 Å². The number of hydrogen-bond acceptors (Lipinski definition) is 1. The van der Waals surface area contributed by atoms with E-state index in [1.54, 1.807) is 44.9 Å². The Kier molecular flexibility index (Phi) is 1.27. The van der Waals surface area contributed by atoms with Crippen molar-refractivity contribution >= 4 is 5.91 Å². The van der Waals surface area contributed by atoms with Crippen LogP contribution in [0.15, 0.2) is 0 Å². The average molecular weight is 283 g/mol. The summed E-state index contributed by atoms with van der Waals surface area (Å²) in [5.41, 5.74) is 10.5. The molecule has 7 rings (SSSR count). The lowest BCUT2D eigenvalue weighted by atomic mass is 10.1. The number of rotatable bonds is 4. The molecule has 0 bridgehead atoms. The molecule has 7 aliphatic carbocycles. The summed E-state index contributed by atoms with van der Waals surface area (Å²) >= 11 is 0. The zero-order chi connectivity index (χ0) is 13.9. The molecule has 0 aliphatic heterocycles. The van der Waals surface area contributed by atoms with Crippen LogP contribution < -0.4 is 5.73 Å². The minimum Gasteiger partial charge on any atom is -0.370 e.